The SMILES string of the molecule is COc1ccc(CCn2c(O)c(/C=N/N3CCCCC3)c(=O)[nH]c2=O)cc1OC. The summed E-state index contributed by atoms with van der Waals surface area (Å²) in [6, 6.07) is 5.44. The van der Waals surface area contributed by atoms with Gasteiger partial charge in [0.05, 0.1) is 20.4 Å². The van der Waals surface area contributed by atoms with Crippen LogP contribution in [-0.4, -0.2) is 53.2 Å². The summed E-state index contributed by atoms with van der Waals surface area (Å²) in [6.45, 7) is 1.81. The molecule has 1 aromatic carbocycles. The standard InChI is InChI=1S/C20H26N4O5/c1-28-16-7-6-14(12-17(16)29-2)8-11-24-19(26)15(18(25)22-20(24)27)13-21-23-9-4-3-5-10-23/h6-7,12-13,26H,3-5,8-11H2,1-2H3,(H,22,25,27)/b21-13+. The Morgan fingerprint density at radius 1 is 1.14 bits per heavy atom. The van der Waals surface area contributed by atoms with Gasteiger partial charge in [-0.15, -0.1) is 0 Å². The minimum absolute atomic E-state index is 0.0255. The van der Waals surface area contributed by atoms with Crippen molar-refractivity contribution in [3.8, 4) is 17.4 Å². The molecule has 0 unspecified atom stereocenters. The Kier molecular flexibility index (Phi) is 6.58. The molecule has 9 heteroatoms. The van der Waals surface area contributed by atoms with Crippen LogP contribution in [0, 0.1) is 0 Å². The molecule has 0 spiro atoms. The number of piperidine rings is 1. The fourth-order valence-electron chi connectivity index (χ4n) is 3.31. The highest BCUT2D eigenvalue weighted by atomic mass is 16.5. The first-order valence-corrected chi connectivity index (χ1v) is 9.59. The largest absolute Gasteiger partial charge is 0.494 e. The van der Waals surface area contributed by atoms with Crippen molar-refractivity contribution < 1.29 is 14.6 Å². The van der Waals surface area contributed by atoms with Gasteiger partial charge in [-0.3, -0.25) is 19.4 Å². The molecule has 2 N–H and O–H groups in total. The smallest absolute Gasteiger partial charge is 0.331 e. The zero-order valence-corrected chi connectivity index (χ0v) is 16.7. The molecule has 1 saturated heterocycles. The molecule has 0 aliphatic carbocycles. The first-order valence-electron chi connectivity index (χ1n) is 9.59. The second-order valence-corrected chi connectivity index (χ2v) is 6.85. The Hall–Kier alpha value is -3.23. The molecule has 0 saturated carbocycles. The number of ether oxygens (including phenoxy) is 2. The van der Waals surface area contributed by atoms with E-state index in [4.69, 9.17) is 9.47 Å². The molecule has 1 aromatic heterocycles. The Balaban J connectivity index is 1.81. The maximum Gasteiger partial charge on any atom is 0.331 e. The van der Waals surface area contributed by atoms with E-state index in [1.807, 2.05) is 17.1 Å². The maximum absolute atomic E-state index is 12.2. The summed E-state index contributed by atoms with van der Waals surface area (Å²) in [5, 5.41) is 16.7. The third-order valence-corrected chi connectivity index (χ3v) is 4.96. The van der Waals surface area contributed by atoms with Crippen LogP contribution < -0.4 is 20.7 Å². The van der Waals surface area contributed by atoms with Gasteiger partial charge in [0.25, 0.3) is 5.56 Å². The molecule has 3 rings (SSSR count). The van der Waals surface area contributed by atoms with Gasteiger partial charge in [-0.25, -0.2) is 4.79 Å². The molecule has 156 valence electrons. The number of methoxy groups -OCH3 is 2. The molecule has 29 heavy (non-hydrogen) atoms. The van der Waals surface area contributed by atoms with Crippen LogP contribution in [0.25, 0.3) is 0 Å². The minimum Gasteiger partial charge on any atom is -0.494 e. The number of rotatable bonds is 7. The summed E-state index contributed by atoms with van der Waals surface area (Å²) < 4.78 is 11.6. The predicted molar refractivity (Wildman–Crippen MR) is 109 cm³/mol. The number of hydrogen-bond acceptors (Lipinski definition) is 7. The van der Waals surface area contributed by atoms with Gasteiger partial charge < -0.3 is 14.6 Å². The molecule has 0 amide bonds. The highest BCUT2D eigenvalue weighted by Gasteiger charge is 2.14. The molecule has 1 aliphatic heterocycles. The second-order valence-electron chi connectivity index (χ2n) is 6.85. The monoisotopic (exact) mass is 402 g/mol. The van der Waals surface area contributed by atoms with Gasteiger partial charge in [0.2, 0.25) is 5.88 Å². The van der Waals surface area contributed by atoms with E-state index in [1.54, 1.807) is 20.3 Å². The topological polar surface area (TPSA) is 109 Å². The van der Waals surface area contributed by atoms with Gasteiger partial charge in [-0.05, 0) is 43.4 Å². The van der Waals surface area contributed by atoms with E-state index in [2.05, 4.69) is 10.1 Å². The number of aromatic nitrogens is 2. The lowest BCUT2D eigenvalue weighted by molar-refractivity contribution is 0.240. The number of hydrazone groups is 1. The van der Waals surface area contributed by atoms with Gasteiger partial charge in [-0.1, -0.05) is 6.07 Å². The van der Waals surface area contributed by atoms with E-state index in [1.165, 1.54) is 12.6 Å². The van der Waals surface area contributed by atoms with Gasteiger partial charge in [0, 0.05) is 19.6 Å². The van der Waals surface area contributed by atoms with Gasteiger partial charge in [0.15, 0.2) is 11.5 Å². The Labute approximate surface area is 168 Å². The number of H-pyrrole nitrogens is 1. The lowest BCUT2D eigenvalue weighted by atomic mass is 10.1. The molecule has 0 atom stereocenters. The molecular formula is C20H26N4O5. The number of nitrogens with zero attached hydrogens (tertiary/aromatic N) is 3. The lowest BCUT2D eigenvalue weighted by Gasteiger charge is -2.23. The summed E-state index contributed by atoms with van der Waals surface area (Å²) in [5.74, 6) is 0.800. The Morgan fingerprint density at radius 2 is 1.86 bits per heavy atom. The van der Waals surface area contributed by atoms with Crippen LogP contribution in [0.1, 0.15) is 30.4 Å². The quantitative estimate of drug-likeness (QED) is 0.676. The van der Waals surface area contributed by atoms with E-state index in [-0.39, 0.29) is 18.0 Å². The molecule has 0 radical (unpaired) electrons. The van der Waals surface area contributed by atoms with Crippen molar-refractivity contribution >= 4 is 6.21 Å². The lowest BCUT2D eigenvalue weighted by Crippen LogP contribution is -2.33. The summed E-state index contributed by atoms with van der Waals surface area (Å²) in [6.07, 6.45) is 5.03. The summed E-state index contributed by atoms with van der Waals surface area (Å²) >= 11 is 0. The van der Waals surface area contributed by atoms with Crippen molar-refractivity contribution in [3.63, 3.8) is 0 Å². The maximum atomic E-state index is 12.2. The third-order valence-electron chi connectivity index (χ3n) is 4.96. The van der Waals surface area contributed by atoms with E-state index in [0.29, 0.717) is 17.9 Å². The highest BCUT2D eigenvalue weighted by molar-refractivity contribution is 5.81. The van der Waals surface area contributed by atoms with Crippen LogP contribution in [0.4, 0.5) is 0 Å². The fourth-order valence-corrected chi connectivity index (χ4v) is 3.31. The van der Waals surface area contributed by atoms with Crippen molar-refractivity contribution in [2.75, 3.05) is 27.3 Å². The highest BCUT2D eigenvalue weighted by Crippen LogP contribution is 2.27. The van der Waals surface area contributed by atoms with E-state index >= 15 is 0 Å². The number of benzene rings is 1. The number of hydrogen-bond donors (Lipinski definition) is 2. The minimum atomic E-state index is -0.664. The van der Waals surface area contributed by atoms with Gasteiger partial charge in [-0.2, -0.15) is 5.10 Å². The van der Waals surface area contributed by atoms with E-state index in [0.717, 1.165) is 36.1 Å². The first-order chi connectivity index (χ1) is 14.0. The second kappa shape index (κ2) is 9.31. The molecule has 1 fully saturated rings. The third kappa shape index (κ3) is 4.79. The molecule has 2 aromatic rings. The number of aryl methyl sites for hydroxylation is 1. The number of aromatic amines is 1. The first kappa shape index (κ1) is 20.5. The average Bonchev–Trinajstić information content (AvgIpc) is 2.73. The molecular weight excluding hydrogens is 376 g/mol. The van der Waals surface area contributed by atoms with Crippen LogP contribution >= 0.6 is 0 Å². The summed E-state index contributed by atoms with van der Waals surface area (Å²) in [5.41, 5.74) is -0.454. The van der Waals surface area contributed by atoms with Crippen molar-refractivity contribution in [1.29, 1.82) is 0 Å². The zero-order valence-electron chi connectivity index (χ0n) is 16.7. The zero-order chi connectivity index (χ0) is 20.8. The van der Waals surface area contributed by atoms with Crippen LogP contribution in [-0.2, 0) is 13.0 Å². The van der Waals surface area contributed by atoms with Crippen LogP contribution in [0.15, 0.2) is 32.9 Å². The van der Waals surface area contributed by atoms with E-state index < -0.39 is 11.2 Å². The number of aromatic hydroxyl groups is 1. The van der Waals surface area contributed by atoms with Crippen LogP contribution in [0.2, 0.25) is 0 Å². The molecule has 2 heterocycles. The molecule has 9 nitrogen and oxygen atoms in total. The van der Waals surface area contributed by atoms with Crippen LogP contribution in [0.3, 0.4) is 0 Å². The van der Waals surface area contributed by atoms with Crippen molar-refractivity contribution in [2.24, 2.45) is 5.10 Å². The van der Waals surface area contributed by atoms with Gasteiger partial charge >= 0.3 is 5.69 Å². The summed E-state index contributed by atoms with van der Waals surface area (Å²) in [7, 11) is 3.11. The number of nitrogens with one attached hydrogen (secondary N) is 1. The van der Waals surface area contributed by atoms with Crippen molar-refractivity contribution in [2.45, 2.75) is 32.2 Å². The Bertz CT molecular complexity index is 989. The molecule has 1 aliphatic rings. The van der Waals surface area contributed by atoms with Gasteiger partial charge in [0.1, 0.15) is 5.56 Å². The normalized spacial score (nSPS) is 14.3. The predicted octanol–water partition coefficient (Wildman–Crippen LogP) is 1.32. The van der Waals surface area contributed by atoms with Crippen molar-refractivity contribution in [1.82, 2.24) is 14.6 Å². The Morgan fingerprint density at radius 3 is 2.55 bits per heavy atom. The summed E-state index contributed by atoms with van der Waals surface area (Å²) in [4.78, 5) is 26.6. The van der Waals surface area contributed by atoms with Crippen LogP contribution in [0.5, 0.6) is 17.4 Å². The van der Waals surface area contributed by atoms with Crippen molar-refractivity contribution in [3.05, 3.63) is 50.2 Å². The fraction of sp³-hybridized carbons (Fsp3) is 0.450. The molecule has 0 bridgehead atoms. The van der Waals surface area contributed by atoms with E-state index in [9.17, 15) is 14.7 Å². The average molecular weight is 402 g/mol.